The minimum atomic E-state index is -0.364. The predicted molar refractivity (Wildman–Crippen MR) is 66.1 cm³/mol. The molecule has 1 rings (SSSR count). The van der Waals surface area contributed by atoms with E-state index in [1.807, 2.05) is 20.9 Å². The molecule has 0 aromatic carbocycles. The van der Waals surface area contributed by atoms with Gasteiger partial charge in [0.2, 0.25) is 5.91 Å². The molecule has 0 aromatic rings. The highest BCUT2D eigenvalue weighted by molar-refractivity contribution is 5.81. The van der Waals surface area contributed by atoms with E-state index in [0.717, 1.165) is 13.1 Å². The summed E-state index contributed by atoms with van der Waals surface area (Å²) in [7, 11) is 3.98. The lowest BCUT2D eigenvalue weighted by atomic mass is 10.0. The number of carbonyl (C=O) groups is 1. The smallest absolute Gasteiger partial charge is 0.239 e. The molecule has 1 amide bonds. The molecule has 0 saturated carbocycles. The third-order valence-electron chi connectivity index (χ3n) is 3.54. The molecule has 0 spiro atoms. The van der Waals surface area contributed by atoms with Crippen LogP contribution in [0.4, 0.5) is 0 Å². The zero-order valence-electron chi connectivity index (χ0n) is 10.9. The molecule has 1 aliphatic rings. The summed E-state index contributed by atoms with van der Waals surface area (Å²) >= 11 is 0. The fourth-order valence-corrected chi connectivity index (χ4v) is 2.16. The van der Waals surface area contributed by atoms with Crippen LogP contribution in [0.15, 0.2) is 0 Å². The van der Waals surface area contributed by atoms with Crippen molar-refractivity contribution < 1.29 is 4.79 Å². The average Bonchev–Trinajstić information content (AvgIpc) is 2.62. The lowest BCUT2D eigenvalue weighted by molar-refractivity contribution is -0.132. The number of rotatable bonds is 4. The Morgan fingerprint density at radius 1 is 1.56 bits per heavy atom. The van der Waals surface area contributed by atoms with Gasteiger partial charge in [-0.1, -0.05) is 13.8 Å². The van der Waals surface area contributed by atoms with Crippen LogP contribution in [0.25, 0.3) is 0 Å². The Labute approximate surface area is 98.8 Å². The average molecular weight is 227 g/mol. The first kappa shape index (κ1) is 13.5. The van der Waals surface area contributed by atoms with Crippen molar-refractivity contribution in [3.8, 4) is 0 Å². The summed E-state index contributed by atoms with van der Waals surface area (Å²) < 4.78 is 0. The molecular formula is C12H25N3O. The zero-order chi connectivity index (χ0) is 12.3. The van der Waals surface area contributed by atoms with Crippen molar-refractivity contribution in [3.63, 3.8) is 0 Å². The summed E-state index contributed by atoms with van der Waals surface area (Å²) in [6.45, 7) is 5.91. The van der Waals surface area contributed by atoms with Crippen LogP contribution in [0, 0.1) is 5.92 Å². The van der Waals surface area contributed by atoms with E-state index >= 15 is 0 Å². The first-order chi connectivity index (χ1) is 7.43. The fraction of sp³-hybridized carbons (Fsp3) is 0.917. The SMILES string of the molecule is CC(C)[C@H](N)C(=O)N(C)C[C@H]1CCCN1C. The Bertz CT molecular complexity index is 242. The maximum Gasteiger partial charge on any atom is 0.239 e. The van der Waals surface area contributed by atoms with Crippen molar-refractivity contribution >= 4 is 5.91 Å². The Kier molecular flexibility index (Phi) is 4.74. The number of carbonyl (C=O) groups excluding carboxylic acids is 1. The summed E-state index contributed by atoms with van der Waals surface area (Å²) in [5.41, 5.74) is 5.87. The normalized spacial score (nSPS) is 23.8. The number of nitrogens with zero attached hydrogens (tertiary/aromatic N) is 2. The molecule has 0 bridgehead atoms. The van der Waals surface area contributed by atoms with E-state index in [2.05, 4.69) is 11.9 Å². The molecule has 1 heterocycles. The topological polar surface area (TPSA) is 49.6 Å². The molecule has 0 radical (unpaired) electrons. The number of likely N-dealkylation sites (N-methyl/N-ethyl adjacent to an activating group) is 2. The van der Waals surface area contributed by atoms with Crippen LogP contribution < -0.4 is 5.73 Å². The molecule has 4 nitrogen and oxygen atoms in total. The van der Waals surface area contributed by atoms with Gasteiger partial charge in [0.25, 0.3) is 0 Å². The maximum atomic E-state index is 12.0. The lowest BCUT2D eigenvalue weighted by Crippen LogP contribution is -2.48. The summed E-state index contributed by atoms with van der Waals surface area (Å²) in [4.78, 5) is 16.1. The number of hydrogen-bond donors (Lipinski definition) is 1. The van der Waals surface area contributed by atoms with Crippen LogP contribution in [-0.4, -0.2) is 55.0 Å². The second kappa shape index (κ2) is 5.64. The molecule has 1 fully saturated rings. The first-order valence-corrected chi connectivity index (χ1v) is 6.14. The Morgan fingerprint density at radius 2 is 2.19 bits per heavy atom. The summed E-state index contributed by atoms with van der Waals surface area (Å²) in [6, 6.07) is 0.144. The van der Waals surface area contributed by atoms with Crippen LogP contribution in [0.3, 0.4) is 0 Å². The monoisotopic (exact) mass is 227 g/mol. The minimum Gasteiger partial charge on any atom is -0.343 e. The Morgan fingerprint density at radius 3 is 2.62 bits per heavy atom. The van der Waals surface area contributed by atoms with E-state index in [0.29, 0.717) is 6.04 Å². The van der Waals surface area contributed by atoms with Crippen molar-refractivity contribution in [1.29, 1.82) is 0 Å². The third-order valence-corrected chi connectivity index (χ3v) is 3.54. The van der Waals surface area contributed by atoms with Gasteiger partial charge in [0.15, 0.2) is 0 Å². The van der Waals surface area contributed by atoms with Crippen LogP contribution >= 0.6 is 0 Å². The highest BCUT2D eigenvalue weighted by atomic mass is 16.2. The molecule has 0 unspecified atom stereocenters. The number of likely N-dealkylation sites (tertiary alicyclic amines) is 1. The highest BCUT2D eigenvalue weighted by Crippen LogP contribution is 2.16. The van der Waals surface area contributed by atoms with Gasteiger partial charge in [-0.2, -0.15) is 0 Å². The van der Waals surface area contributed by atoms with E-state index in [4.69, 9.17) is 5.73 Å². The second-order valence-electron chi connectivity index (χ2n) is 5.27. The van der Waals surface area contributed by atoms with Crippen LogP contribution in [-0.2, 0) is 4.79 Å². The fourth-order valence-electron chi connectivity index (χ4n) is 2.16. The van der Waals surface area contributed by atoms with Crippen molar-refractivity contribution in [2.45, 2.75) is 38.8 Å². The molecule has 1 aliphatic heterocycles. The van der Waals surface area contributed by atoms with Crippen molar-refractivity contribution in [2.75, 3.05) is 27.2 Å². The van der Waals surface area contributed by atoms with Gasteiger partial charge in [-0.3, -0.25) is 4.79 Å². The van der Waals surface area contributed by atoms with Crippen molar-refractivity contribution in [2.24, 2.45) is 11.7 Å². The van der Waals surface area contributed by atoms with E-state index in [1.54, 1.807) is 4.90 Å². The first-order valence-electron chi connectivity index (χ1n) is 6.14. The quantitative estimate of drug-likeness (QED) is 0.762. The number of amides is 1. The van der Waals surface area contributed by atoms with Gasteiger partial charge in [0.05, 0.1) is 6.04 Å². The van der Waals surface area contributed by atoms with Gasteiger partial charge in [-0.05, 0) is 32.4 Å². The Hall–Kier alpha value is -0.610. The molecule has 2 N–H and O–H groups in total. The summed E-state index contributed by atoms with van der Waals surface area (Å²) in [6.07, 6.45) is 2.42. The Balaban J connectivity index is 2.45. The number of nitrogens with two attached hydrogens (primary N) is 1. The van der Waals surface area contributed by atoms with Crippen LogP contribution in [0.1, 0.15) is 26.7 Å². The van der Waals surface area contributed by atoms with Crippen molar-refractivity contribution in [1.82, 2.24) is 9.80 Å². The maximum absolute atomic E-state index is 12.0. The van der Waals surface area contributed by atoms with E-state index in [1.165, 1.54) is 12.8 Å². The number of hydrogen-bond acceptors (Lipinski definition) is 3. The zero-order valence-corrected chi connectivity index (χ0v) is 10.9. The van der Waals surface area contributed by atoms with Gasteiger partial charge < -0.3 is 15.5 Å². The van der Waals surface area contributed by atoms with Gasteiger partial charge in [-0.25, -0.2) is 0 Å². The van der Waals surface area contributed by atoms with Gasteiger partial charge in [0, 0.05) is 19.6 Å². The molecule has 16 heavy (non-hydrogen) atoms. The molecule has 0 aliphatic carbocycles. The standard InChI is InChI=1S/C12H25N3O/c1-9(2)11(13)12(16)15(4)8-10-6-5-7-14(10)3/h9-11H,5-8,13H2,1-4H3/t10-,11+/m1/s1. The van der Waals surface area contributed by atoms with Gasteiger partial charge >= 0.3 is 0 Å². The molecule has 1 saturated heterocycles. The van der Waals surface area contributed by atoms with E-state index in [9.17, 15) is 4.79 Å². The van der Waals surface area contributed by atoms with Crippen molar-refractivity contribution in [3.05, 3.63) is 0 Å². The van der Waals surface area contributed by atoms with Gasteiger partial charge in [-0.15, -0.1) is 0 Å². The van der Waals surface area contributed by atoms with Crippen LogP contribution in [0.5, 0.6) is 0 Å². The molecule has 94 valence electrons. The van der Waals surface area contributed by atoms with Gasteiger partial charge in [0.1, 0.15) is 0 Å². The molecule has 4 heteroatoms. The third kappa shape index (κ3) is 3.19. The molecular weight excluding hydrogens is 202 g/mol. The largest absolute Gasteiger partial charge is 0.343 e. The lowest BCUT2D eigenvalue weighted by Gasteiger charge is -2.28. The minimum absolute atomic E-state index is 0.0651. The van der Waals surface area contributed by atoms with E-state index in [-0.39, 0.29) is 17.9 Å². The predicted octanol–water partition coefficient (Wildman–Crippen LogP) is 0.522. The molecule has 2 atom stereocenters. The highest BCUT2D eigenvalue weighted by Gasteiger charge is 2.26. The van der Waals surface area contributed by atoms with Crippen LogP contribution in [0.2, 0.25) is 0 Å². The summed E-state index contributed by atoms with van der Waals surface area (Å²) in [5.74, 6) is 0.270. The molecule has 0 aromatic heterocycles. The summed E-state index contributed by atoms with van der Waals surface area (Å²) in [5, 5.41) is 0. The van der Waals surface area contributed by atoms with E-state index < -0.39 is 0 Å². The second-order valence-corrected chi connectivity index (χ2v) is 5.27.